The molecule has 3 heteroatoms. The molecule has 0 amide bonds. The number of hydrogen-bond donors (Lipinski definition) is 0. The van der Waals surface area contributed by atoms with Gasteiger partial charge in [0.05, 0.1) is 0 Å². The number of carbonyl (C=O) groups is 1. The van der Waals surface area contributed by atoms with Crippen LogP contribution in [0.5, 0.6) is 0 Å². The third-order valence-corrected chi connectivity index (χ3v) is 3.81. The molecule has 0 aromatic heterocycles. The second-order valence-electron chi connectivity index (χ2n) is 5.91. The molecule has 0 saturated carbocycles. The van der Waals surface area contributed by atoms with Crippen molar-refractivity contribution in [2.75, 3.05) is 33.7 Å². The summed E-state index contributed by atoms with van der Waals surface area (Å²) in [7, 11) is 4.32. The summed E-state index contributed by atoms with van der Waals surface area (Å²) in [4.78, 5) is 16.2. The molecule has 3 nitrogen and oxygen atoms in total. The van der Waals surface area contributed by atoms with Gasteiger partial charge in [0.1, 0.15) is 5.78 Å². The van der Waals surface area contributed by atoms with E-state index >= 15 is 0 Å². The molecular weight excluding hydrogens is 200 g/mol. The highest BCUT2D eigenvalue weighted by Gasteiger charge is 2.28. The number of rotatable bonds is 5. The van der Waals surface area contributed by atoms with Crippen LogP contribution in [0.1, 0.15) is 33.6 Å². The first-order valence-corrected chi connectivity index (χ1v) is 6.23. The van der Waals surface area contributed by atoms with Crippen LogP contribution in [0.15, 0.2) is 0 Å². The average Bonchev–Trinajstić information content (AvgIpc) is 2.50. The number of hydrogen-bond acceptors (Lipinski definition) is 3. The minimum atomic E-state index is -0.216. The van der Waals surface area contributed by atoms with E-state index in [1.165, 1.54) is 19.4 Å². The van der Waals surface area contributed by atoms with Crippen molar-refractivity contribution in [1.82, 2.24) is 9.80 Å². The molecule has 94 valence electrons. The topological polar surface area (TPSA) is 23.6 Å². The van der Waals surface area contributed by atoms with Crippen molar-refractivity contribution in [3.05, 3.63) is 0 Å². The van der Waals surface area contributed by atoms with E-state index in [0.29, 0.717) is 6.04 Å². The highest BCUT2D eigenvalue weighted by molar-refractivity contribution is 5.81. The number of likely N-dealkylation sites (N-methyl/N-ethyl adjacent to an activating group) is 2. The molecule has 0 aromatic rings. The Morgan fingerprint density at radius 3 is 2.56 bits per heavy atom. The summed E-state index contributed by atoms with van der Waals surface area (Å²) in [6.45, 7) is 8.90. The standard InChI is InChI=1S/C13H26N2O/c1-11(16)13(2,3)10-14(4)9-12-7-6-8-15(12)5/h12H,6-10H2,1-5H3. The fraction of sp³-hybridized carbons (Fsp3) is 0.923. The molecule has 16 heavy (non-hydrogen) atoms. The van der Waals surface area contributed by atoms with Crippen LogP contribution in [0.2, 0.25) is 0 Å². The molecule has 1 rings (SSSR count). The van der Waals surface area contributed by atoms with Crippen LogP contribution in [0.3, 0.4) is 0 Å². The summed E-state index contributed by atoms with van der Waals surface area (Å²) in [6.07, 6.45) is 2.60. The van der Waals surface area contributed by atoms with E-state index in [4.69, 9.17) is 0 Å². The van der Waals surface area contributed by atoms with Gasteiger partial charge >= 0.3 is 0 Å². The van der Waals surface area contributed by atoms with Gasteiger partial charge in [-0.05, 0) is 40.4 Å². The summed E-state index contributed by atoms with van der Waals surface area (Å²) in [5.41, 5.74) is -0.216. The molecule has 1 unspecified atom stereocenters. The maximum absolute atomic E-state index is 11.5. The predicted molar refractivity (Wildman–Crippen MR) is 67.6 cm³/mol. The summed E-state index contributed by atoms with van der Waals surface area (Å²) >= 11 is 0. The molecule has 1 fully saturated rings. The summed E-state index contributed by atoms with van der Waals surface area (Å²) in [5, 5.41) is 0. The number of nitrogens with zero attached hydrogens (tertiary/aromatic N) is 2. The Balaban J connectivity index is 2.41. The summed E-state index contributed by atoms with van der Waals surface area (Å²) in [5.74, 6) is 0.277. The number of ketones is 1. The molecular formula is C13H26N2O. The minimum Gasteiger partial charge on any atom is -0.304 e. The Morgan fingerprint density at radius 2 is 2.12 bits per heavy atom. The Bertz CT molecular complexity index is 250. The zero-order valence-corrected chi connectivity index (χ0v) is 11.4. The van der Waals surface area contributed by atoms with Crippen LogP contribution in [-0.4, -0.2) is 55.4 Å². The average molecular weight is 226 g/mol. The fourth-order valence-electron chi connectivity index (χ4n) is 2.42. The molecule has 1 aliphatic rings. The monoisotopic (exact) mass is 226 g/mol. The molecule has 0 aliphatic carbocycles. The second-order valence-corrected chi connectivity index (χ2v) is 5.91. The Hall–Kier alpha value is -0.410. The van der Waals surface area contributed by atoms with Gasteiger partial charge in [-0.2, -0.15) is 0 Å². The van der Waals surface area contributed by atoms with Crippen molar-refractivity contribution < 1.29 is 4.79 Å². The van der Waals surface area contributed by atoms with E-state index in [-0.39, 0.29) is 11.2 Å². The van der Waals surface area contributed by atoms with Crippen molar-refractivity contribution in [3.8, 4) is 0 Å². The van der Waals surface area contributed by atoms with Gasteiger partial charge in [0.2, 0.25) is 0 Å². The maximum Gasteiger partial charge on any atom is 0.136 e. The molecule has 0 N–H and O–H groups in total. The second kappa shape index (κ2) is 5.28. The number of carbonyl (C=O) groups excluding carboxylic acids is 1. The lowest BCUT2D eigenvalue weighted by atomic mass is 9.88. The summed E-state index contributed by atoms with van der Waals surface area (Å²) < 4.78 is 0. The predicted octanol–water partition coefficient (Wildman–Crippen LogP) is 1.63. The Morgan fingerprint density at radius 1 is 1.50 bits per heavy atom. The van der Waals surface area contributed by atoms with Crippen molar-refractivity contribution in [2.45, 2.75) is 39.7 Å². The van der Waals surface area contributed by atoms with Crippen LogP contribution in [0, 0.1) is 5.41 Å². The van der Waals surface area contributed by atoms with E-state index in [9.17, 15) is 4.79 Å². The lowest BCUT2D eigenvalue weighted by Crippen LogP contribution is -2.42. The molecule has 1 atom stereocenters. The molecule has 0 radical (unpaired) electrons. The van der Waals surface area contributed by atoms with E-state index in [2.05, 4.69) is 23.9 Å². The van der Waals surface area contributed by atoms with E-state index in [1.54, 1.807) is 6.92 Å². The third-order valence-electron chi connectivity index (χ3n) is 3.81. The number of Topliss-reactive ketones (excluding diaryl/α,β-unsaturated/α-hetero) is 1. The van der Waals surface area contributed by atoms with Gasteiger partial charge in [0.25, 0.3) is 0 Å². The third kappa shape index (κ3) is 3.56. The van der Waals surface area contributed by atoms with Gasteiger partial charge in [-0.1, -0.05) is 13.8 Å². The van der Waals surface area contributed by atoms with Crippen LogP contribution in [-0.2, 0) is 4.79 Å². The Kier molecular flexibility index (Phi) is 4.51. The Labute approximate surface area is 99.8 Å². The normalized spacial score (nSPS) is 23.0. The lowest BCUT2D eigenvalue weighted by molar-refractivity contribution is -0.125. The maximum atomic E-state index is 11.5. The molecule has 1 aliphatic heterocycles. The van der Waals surface area contributed by atoms with Gasteiger partial charge in [-0.15, -0.1) is 0 Å². The van der Waals surface area contributed by atoms with Crippen molar-refractivity contribution >= 4 is 5.78 Å². The lowest BCUT2D eigenvalue weighted by Gasteiger charge is -2.31. The highest BCUT2D eigenvalue weighted by Crippen LogP contribution is 2.20. The van der Waals surface area contributed by atoms with Crippen LogP contribution in [0.25, 0.3) is 0 Å². The van der Waals surface area contributed by atoms with E-state index in [1.807, 2.05) is 13.8 Å². The first-order chi connectivity index (χ1) is 7.33. The van der Waals surface area contributed by atoms with E-state index in [0.717, 1.165) is 13.1 Å². The van der Waals surface area contributed by atoms with Gasteiger partial charge in [-0.3, -0.25) is 4.79 Å². The first-order valence-electron chi connectivity index (χ1n) is 6.23. The molecule has 0 aromatic carbocycles. The highest BCUT2D eigenvalue weighted by atomic mass is 16.1. The fourth-order valence-corrected chi connectivity index (χ4v) is 2.42. The van der Waals surface area contributed by atoms with Crippen molar-refractivity contribution in [1.29, 1.82) is 0 Å². The van der Waals surface area contributed by atoms with Gasteiger partial charge in [-0.25, -0.2) is 0 Å². The SMILES string of the molecule is CC(=O)C(C)(C)CN(C)CC1CCCN1C. The van der Waals surface area contributed by atoms with Crippen LogP contribution < -0.4 is 0 Å². The first kappa shape index (κ1) is 13.7. The number of likely N-dealkylation sites (tertiary alicyclic amines) is 1. The minimum absolute atomic E-state index is 0.216. The molecule has 1 heterocycles. The summed E-state index contributed by atoms with van der Waals surface area (Å²) in [6, 6.07) is 0.674. The van der Waals surface area contributed by atoms with Crippen LogP contribution in [0.4, 0.5) is 0 Å². The van der Waals surface area contributed by atoms with E-state index < -0.39 is 0 Å². The van der Waals surface area contributed by atoms with Crippen molar-refractivity contribution in [2.24, 2.45) is 5.41 Å². The van der Waals surface area contributed by atoms with Gasteiger partial charge < -0.3 is 9.80 Å². The molecule has 0 bridgehead atoms. The smallest absolute Gasteiger partial charge is 0.136 e. The zero-order valence-electron chi connectivity index (χ0n) is 11.4. The van der Waals surface area contributed by atoms with Crippen LogP contribution >= 0.6 is 0 Å². The van der Waals surface area contributed by atoms with Crippen molar-refractivity contribution in [3.63, 3.8) is 0 Å². The van der Waals surface area contributed by atoms with Gasteiger partial charge in [0.15, 0.2) is 0 Å². The zero-order chi connectivity index (χ0) is 12.3. The quantitative estimate of drug-likeness (QED) is 0.712. The molecule has 1 saturated heterocycles. The molecule has 0 spiro atoms. The largest absolute Gasteiger partial charge is 0.304 e. The van der Waals surface area contributed by atoms with Gasteiger partial charge in [0, 0.05) is 24.5 Å².